The van der Waals surface area contributed by atoms with E-state index in [9.17, 15) is 0 Å². The lowest BCUT2D eigenvalue weighted by Crippen LogP contribution is -2.46. The van der Waals surface area contributed by atoms with Gasteiger partial charge in [0.2, 0.25) is 0 Å². The SMILES string of the molecule is CCCC(N)C(CC)N(C)CC1CC1C. The normalized spacial score (nSPS) is 29.2. The zero-order chi connectivity index (χ0) is 11.4. The van der Waals surface area contributed by atoms with Crippen LogP contribution in [0.25, 0.3) is 0 Å². The van der Waals surface area contributed by atoms with Gasteiger partial charge in [-0.2, -0.15) is 0 Å². The molecule has 0 bridgehead atoms. The van der Waals surface area contributed by atoms with Crippen molar-refractivity contribution >= 4 is 0 Å². The molecule has 1 saturated carbocycles. The maximum atomic E-state index is 6.23. The molecule has 90 valence electrons. The van der Waals surface area contributed by atoms with Crippen LogP contribution in [-0.2, 0) is 0 Å². The van der Waals surface area contributed by atoms with E-state index >= 15 is 0 Å². The Bertz CT molecular complexity index is 181. The highest BCUT2D eigenvalue weighted by Gasteiger charge is 2.34. The van der Waals surface area contributed by atoms with Gasteiger partial charge in [0, 0.05) is 18.6 Å². The minimum absolute atomic E-state index is 0.360. The van der Waals surface area contributed by atoms with Crippen LogP contribution in [0, 0.1) is 11.8 Å². The van der Waals surface area contributed by atoms with Crippen molar-refractivity contribution in [2.75, 3.05) is 13.6 Å². The summed E-state index contributed by atoms with van der Waals surface area (Å²) in [6.07, 6.45) is 4.96. The zero-order valence-corrected chi connectivity index (χ0v) is 10.9. The van der Waals surface area contributed by atoms with Gasteiger partial charge in [-0.3, -0.25) is 0 Å². The first-order chi connectivity index (χ1) is 7.10. The summed E-state index contributed by atoms with van der Waals surface area (Å²) in [4.78, 5) is 2.49. The van der Waals surface area contributed by atoms with E-state index < -0.39 is 0 Å². The van der Waals surface area contributed by atoms with Gasteiger partial charge in [-0.05, 0) is 38.1 Å². The molecule has 2 nitrogen and oxygen atoms in total. The Balaban J connectivity index is 2.35. The fraction of sp³-hybridized carbons (Fsp3) is 1.00. The number of hydrogen-bond acceptors (Lipinski definition) is 2. The lowest BCUT2D eigenvalue weighted by atomic mass is 10.0. The van der Waals surface area contributed by atoms with Crippen molar-refractivity contribution in [2.45, 2.75) is 58.5 Å². The largest absolute Gasteiger partial charge is 0.326 e. The molecule has 0 aromatic heterocycles. The van der Waals surface area contributed by atoms with Crippen molar-refractivity contribution in [3.05, 3.63) is 0 Å². The van der Waals surface area contributed by atoms with Crippen molar-refractivity contribution < 1.29 is 0 Å². The van der Waals surface area contributed by atoms with Crippen LogP contribution in [0.1, 0.15) is 46.5 Å². The molecule has 0 aromatic carbocycles. The van der Waals surface area contributed by atoms with Crippen molar-refractivity contribution in [1.29, 1.82) is 0 Å². The molecule has 0 radical (unpaired) electrons. The molecule has 2 heteroatoms. The fourth-order valence-corrected chi connectivity index (χ4v) is 2.63. The molecule has 4 unspecified atom stereocenters. The summed E-state index contributed by atoms with van der Waals surface area (Å²) in [6.45, 7) is 8.07. The van der Waals surface area contributed by atoms with E-state index in [0.717, 1.165) is 18.3 Å². The Hall–Kier alpha value is -0.0800. The van der Waals surface area contributed by atoms with E-state index in [-0.39, 0.29) is 0 Å². The van der Waals surface area contributed by atoms with Crippen LogP contribution in [0.4, 0.5) is 0 Å². The van der Waals surface area contributed by atoms with Gasteiger partial charge >= 0.3 is 0 Å². The number of hydrogen-bond donors (Lipinski definition) is 1. The van der Waals surface area contributed by atoms with Crippen molar-refractivity contribution in [2.24, 2.45) is 17.6 Å². The summed E-state index contributed by atoms with van der Waals surface area (Å²) < 4.78 is 0. The van der Waals surface area contributed by atoms with Gasteiger partial charge in [-0.1, -0.05) is 27.2 Å². The number of nitrogens with two attached hydrogens (primary N) is 1. The molecule has 1 fully saturated rings. The van der Waals surface area contributed by atoms with Crippen molar-refractivity contribution in [1.82, 2.24) is 4.90 Å². The van der Waals surface area contributed by atoms with Gasteiger partial charge in [-0.15, -0.1) is 0 Å². The van der Waals surface area contributed by atoms with Crippen LogP contribution in [-0.4, -0.2) is 30.6 Å². The minimum Gasteiger partial charge on any atom is -0.326 e. The lowest BCUT2D eigenvalue weighted by molar-refractivity contribution is 0.189. The molecule has 0 saturated heterocycles. The zero-order valence-electron chi connectivity index (χ0n) is 10.9. The van der Waals surface area contributed by atoms with Gasteiger partial charge in [0.1, 0.15) is 0 Å². The summed E-state index contributed by atoms with van der Waals surface area (Å²) in [5.41, 5.74) is 6.23. The third-order valence-electron chi connectivity index (χ3n) is 3.90. The topological polar surface area (TPSA) is 29.3 Å². The molecule has 2 N–H and O–H groups in total. The van der Waals surface area contributed by atoms with Gasteiger partial charge in [0.05, 0.1) is 0 Å². The molecule has 15 heavy (non-hydrogen) atoms. The highest BCUT2D eigenvalue weighted by atomic mass is 15.1. The lowest BCUT2D eigenvalue weighted by Gasteiger charge is -2.32. The van der Waals surface area contributed by atoms with Gasteiger partial charge in [-0.25, -0.2) is 0 Å². The summed E-state index contributed by atoms with van der Waals surface area (Å²) in [6, 6.07) is 0.941. The molecule has 0 spiro atoms. The smallest absolute Gasteiger partial charge is 0.0241 e. The number of nitrogens with zero attached hydrogens (tertiary/aromatic N) is 1. The molecule has 1 aliphatic rings. The molecule has 1 aliphatic carbocycles. The molecular weight excluding hydrogens is 184 g/mol. The van der Waals surface area contributed by atoms with Crippen molar-refractivity contribution in [3.63, 3.8) is 0 Å². The van der Waals surface area contributed by atoms with Crippen LogP contribution in [0.15, 0.2) is 0 Å². The molecule has 0 aliphatic heterocycles. The van der Waals surface area contributed by atoms with E-state index in [4.69, 9.17) is 5.73 Å². The Morgan fingerprint density at radius 1 is 1.40 bits per heavy atom. The average molecular weight is 212 g/mol. The summed E-state index contributed by atoms with van der Waals surface area (Å²) in [5, 5.41) is 0. The maximum absolute atomic E-state index is 6.23. The predicted molar refractivity (Wildman–Crippen MR) is 66.9 cm³/mol. The second-order valence-electron chi connectivity index (χ2n) is 5.34. The van der Waals surface area contributed by atoms with E-state index in [1.54, 1.807) is 0 Å². The average Bonchev–Trinajstić information content (AvgIpc) is 2.83. The van der Waals surface area contributed by atoms with Crippen LogP contribution < -0.4 is 5.73 Å². The Labute approximate surface area is 95.2 Å². The van der Waals surface area contributed by atoms with Crippen LogP contribution >= 0.6 is 0 Å². The monoisotopic (exact) mass is 212 g/mol. The molecule has 1 rings (SSSR count). The third-order valence-corrected chi connectivity index (χ3v) is 3.90. The quantitative estimate of drug-likeness (QED) is 0.702. The van der Waals surface area contributed by atoms with Crippen molar-refractivity contribution in [3.8, 4) is 0 Å². The highest BCUT2D eigenvalue weighted by molar-refractivity contribution is 4.88. The summed E-state index contributed by atoms with van der Waals surface area (Å²) in [5.74, 6) is 1.89. The fourth-order valence-electron chi connectivity index (χ4n) is 2.63. The maximum Gasteiger partial charge on any atom is 0.0241 e. The predicted octanol–water partition coefficient (Wildman–Crippen LogP) is 2.48. The Morgan fingerprint density at radius 3 is 2.40 bits per heavy atom. The number of likely N-dealkylation sites (N-methyl/N-ethyl adjacent to an activating group) is 1. The standard InChI is InChI=1S/C13H28N2/c1-5-7-12(14)13(6-2)15(4)9-11-8-10(11)3/h10-13H,5-9,14H2,1-4H3. The van der Waals surface area contributed by atoms with E-state index in [1.165, 1.54) is 25.8 Å². The second-order valence-corrected chi connectivity index (χ2v) is 5.34. The Morgan fingerprint density at radius 2 is 2.00 bits per heavy atom. The molecular formula is C13H28N2. The summed E-state index contributed by atoms with van der Waals surface area (Å²) >= 11 is 0. The minimum atomic E-state index is 0.360. The van der Waals surface area contributed by atoms with Gasteiger partial charge in [0.25, 0.3) is 0 Å². The van der Waals surface area contributed by atoms with Crippen LogP contribution in [0.5, 0.6) is 0 Å². The van der Waals surface area contributed by atoms with E-state index in [2.05, 4.69) is 32.7 Å². The molecule has 0 amide bonds. The van der Waals surface area contributed by atoms with Gasteiger partial charge in [0.15, 0.2) is 0 Å². The first kappa shape index (κ1) is 13.0. The number of rotatable bonds is 7. The third kappa shape index (κ3) is 3.76. The Kier molecular flexibility index (Phi) is 5.07. The summed E-state index contributed by atoms with van der Waals surface area (Å²) in [7, 11) is 2.24. The first-order valence-electron chi connectivity index (χ1n) is 6.55. The molecule has 0 heterocycles. The highest BCUT2D eigenvalue weighted by Crippen LogP contribution is 2.38. The van der Waals surface area contributed by atoms with E-state index in [0.29, 0.717) is 12.1 Å². The van der Waals surface area contributed by atoms with Gasteiger partial charge < -0.3 is 10.6 Å². The van der Waals surface area contributed by atoms with Crippen LogP contribution in [0.3, 0.4) is 0 Å². The molecule has 4 atom stereocenters. The molecule has 0 aromatic rings. The van der Waals surface area contributed by atoms with E-state index in [1.807, 2.05) is 0 Å². The van der Waals surface area contributed by atoms with Crippen LogP contribution in [0.2, 0.25) is 0 Å². The second kappa shape index (κ2) is 5.86. The first-order valence-corrected chi connectivity index (χ1v) is 6.55.